The van der Waals surface area contributed by atoms with Crippen LogP contribution in [0, 0.1) is 11.3 Å². The second kappa shape index (κ2) is 15.4. The molecular weight excluding hydrogens is 448 g/mol. The molecule has 186 valence electrons. The van der Waals surface area contributed by atoms with Crippen molar-refractivity contribution in [2.45, 2.75) is 82.4 Å². The summed E-state index contributed by atoms with van der Waals surface area (Å²) in [7, 11) is -2.47. The van der Waals surface area contributed by atoms with Gasteiger partial charge in [0.2, 0.25) is 0 Å². The Morgan fingerprint density at radius 1 is 0.882 bits per heavy atom. The van der Waals surface area contributed by atoms with Gasteiger partial charge < -0.3 is 4.74 Å². The van der Waals surface area contributed by atoms with Gasteiger partial charge in [0, 0.05) is 12.6 Å². The van der Waals surface area contributed by atoms with Crippen molar-refractivity contribution in [2.24, 2.45) is 0 Å². The molecule has 0 fully saturated rings. The van der Waals surface area contributed by atoms with E-state index in [9.17, 15) is 13.7 Å². The second-order valence-corrected chi connectivity index (χ2v) is 9.98. The number of nitrogens with zero attached hydrogens (tertiary/aromatic N) is 2. The Labute approximate surface area is 205 Å². The van der Waals surface area contributed by atoms with Crippen LogP contribution in [-0.2, 0) is 20.8 Å². The lowest BCUT2D eigenvalue weighted by molar-refractivity contribution is 0.278. The van der Waals surface area contributed by atoms with Crippen LogP contribution in [0.25, 0.3) is 0 Å². The van der Waals surface area contributed by atoms with Crippen molar-refractivity contribution in [3.05, 3.63) is 54.1 Å². The minimum absolute atomic E-state index is 0.0906. The molecule has 34 heavy (non-hydrogen) atoms. The average molecular weight is 487 g/mol. The van der Waals surface area contributed by atoms with Crippen molar-refractivity contribution < 1.29 is 17.4 Å². The molecule has 2 aromatic rings. The molecule has 2 rings (SSSR count). The molecule has 0 heterocycles. The Hall–Kier alpha value is -2.56. The van der Waals surface area contributed by atoms with E-state index in [0.29, 0.717) is 23.5 Å². The lowest BCUT2D eigenvalue weighted by Crippen LogP contribution is -2.29. The van der Waals surface area contributed by atoms with E-state index in [2.05, 4.69) is 13.0 Å². The van der Waals surface area contributed by atoms with Gasteiger partial charge in [-0.2, -0.15) is 13.7 Å². The molecule has 0 aromatic heterocycles. The van der Waals surface area contributed by atoms with Crippen molar-refractivity contribution in [1.82, 2.24) is 0 Å². The summed E-state index contributed by atoms with van der Waals surface area (Å²) in [6, 6.07) is 15.5. The van der Waals surface area contributed by atoms with Crippen molar-refractivity contribution in [3.8, 4) is 11.8 Å². The molecule has 7 heteroatoms. The fourth-order valence-electron chi connectivity index (χ4n) is 3.83. The third-order valence-electron chi connectivity index (χ3n) is 5.77. The number of ether oxygens (including phenoxy) is 1. The van der Waals surface area contributed by atoms with Crippen LogP contribution in [0.3, 0.4) is 0 Å². The molecule has 0 aliphatic heterocycles. The zero-order valence-electron chi connectivity index (χ0n) is 20.5. The van der Waals surface area contributed by atoms with Gasteiger partial charge >= 0.3 is 10.1 Å². The average Bonchev–Trinajstić information content (AvgIpc) is 2.85. The fraction of sp³-hybridized carbons (Fsp3) is 0.519. The Bertz CT molecular complexity index is 987. The van der Waals surface area contributed by atoms with Gasteiger partial charge in [-0.15, -0.1) is 4.28 Å². The van der Waals surface area contributed by atoms with Crippen molar-refractivity contribution >= 4 is 15.8 Å². The van der Waals surface area contributed by atoms with Crippen molar-refractivity contribution in [1.29, 1.82) is 5.26 Å². The first-order valence-electron chi connectivity index (χ1n) is 12.3. The third-order valence-corrected chi connectivity index (χ3v) is 6.99. The van der Waals surface area contributed by atoms with Gasteiger partial charge in [-0.05, 0) is 30.2 Å². The highest BCUT2D eigenvalue weighted by molar-refractivity contribution is 7.86. The van der Waals surface area contributed by atoms with E-state index in [4.69, 9.17) is 9.02 Å². The lowest BCUT2D eigenvalue weighted by atomic mass is 10.1. The number of hydroxylamine groups is 1. The maximum absolute atomic E-state index is 13.0. The summed E-state index contributed by atoms with van der Waals surface area (Å²) in [5, 5.41) is 10.7. The number of anilines is 1. The molecule has 6 nitrogen and oxygen atoms in total. The summed E-state index contributed by atoms with van der Waals surface area (Å²) in [4.78, 5) is 0.0906. The first-order chi connectivity index (χ1) is 16.5. The number of hydrogen-bond acceptors (Lipinski definition) is 6. The Morgan fingerprint density at radius 3 is 2.09 bits per heavy atom. The van der Waals surface area contributed by atoms with Crippen molar-refractivity contribution in [2.75, 3.05) is 18.7 Å². The van der Waals surface area contributed by atoms with Gasteiger partial charge in [0.25, 0.3) is 0 Å². The molecular formula is C27H38N2O4S. The second-order valence-electron chi connectivity index (χ2n) is 8.46. The Kier molecular flexibility index (Phi) is 12.5. The Morgan fingerprint density at radius 2 is 1.50 bits per heavy atom. The van der Waals surface area contributed by atoms with Crippen LogP contribution in [-0.4, -0.2) is 22.1 Å². The molecule has 0 unspecified atom stereocenters. The number of rotatable bonds is 17. The summed E-state index contributed by atoms with van der Waals surface area (Å²) in [6.45, 7) is 2.63. The highest BCUT2D eigenvalue weighted by Crippen LogP contribution is 2.29. The maximum Gasteiger partial charge on any atom is 0.317 e. The SMILES string of the molecule is CCCCCCCCCCCCN(OS(=O)(=O)c1ccccc1)c1cc(OC)ccc1CC#N. The van der Waals surface area contributed by atoms with E-state index in [0.717, 1.165) is 19.3 Å². The summed E-state index contributed by atoms with van der Waals surface area (Å²) < 4.78 is 36.9. The summed E-state index contributed by atoms with van der Waals surface area (Å²) in [6.07, 6.45) is 11.9. The van der Waals surface area contributed by atoms with Crippen LogP contribution in [0.2, 0.25) is 0 Å². The molecule has 0 aliphatic rings. The van der Waals surface area contributed by atoms with E-state index >= 15 is 0 Å². The minimum atomic E-state index is -4.02. The predicted octanol–water partition coefficient (Wildman–Crippen LogP) is 6.81. The van der Waals surface area contributed by atoms with Gasteiger partial charge in [0.1, 0.15) is 5.75 Å². The molecule has 0 atom stereocenters. The molecule has 0 aliphatic carbocycles. The Balaban J connectivity index is 2.06. The normalized spacial score (nSPS) is 11.2. The van der Waals surface area contributed by atoms with Crippen LogP contribution in [0.4, 0.5) is 5.69 Å². The van der Waals surface area contributed by atoms with Gasteiger partial charge in [-0.25, -0.2) is 5.06 Å². The van der Waals surface area contributed by atoms with Gasteiger partial charge in [-0.1, -0.05) is 89.0 Å². The number of unbranched alkanes of at least 4 members (excludes halogenated alkanes) is 9. The van der Waals surface area contributed by atoms with Crippen LogP contribution in [0.1, 0.15) is 76.7 Å². The largest absolute Gasteiger partial charge is 0.497 e. The number of hydrogen-bond donors (Lipinski definition) is 0. The smallest absolute Gasteiger partial charge is 0.317 e. The molecule has 0 saturated carbocycles. The van der Waals surface area contributed by atoms with Crippen LogP contribution in [0.5, 0.6) is 5.75 Å². The summed E-state index contributed by atoms with van der Waals surface area (Å²) in [5.74, 6) is 0.575. The van der Waals surface area contributed by atoms with E-state index in [1.54, 1.807) is 43.5 Å². The first kappa shape index (κ1) is 27.7. The molecule has 0 radical (unpaired) electrons. The molecule has 2 aromatic carbocycles. The topological polar surface area (TPSA) is 79.6 Å². The minimum Gasteiger partial charge on any atom is -0.497 e. The molecule has 0 spiro atoms. The van der Waals surface area contributed by atoms with Crippen LogP contribution < -0.4 is 9.80 Å². The van der Waals surface area contributed by atoms with E-state index < -0.39 is 10.1 Å². The molecule has 0 amide bonds. The number of nitriles is 1. The highest BCUT2D eigenvalue weighted by atomic mass is 32.2. The highest BCUT2D eigenvalue weighted by Gasteiger charge is 2.23. The molecule has 0 saturated heterocycles. The lowest BCUT2D eigenvalue weighted by Gasteiger charge is -2.25. The van der Waals surface area contributed by atoms with E-state index in [1.165, 1.54) is 62.1 Å². The zero-order valence-corrected chi connectivity index (χ0v) is 21.4. The zero-order chi connectivity index (χ0) is 24.7. The molecule has 0 N–H and O–H groups in total. The van der Waals surface area contributed by atoms with Gasteiger partial charge in [0.15, 0.2) is 0 Å². The van der Waals surface area contributed by atoms with Crippen LogP contribution in [0.15, 0.2) is 53.4 Å². The standard InChI is InChI=1S/C27H38N2O4S/c1-3-4-5-6-7-8-9-10-11-15-22-29(33-34(30,31)26-16-13-12-14-17-26)27-23-25(32-2)19-18-24(27)20-21-28/h12-14,16-19,23H,3-11,15,20,22H2,1-2H3. The maximum atomic E-state index is 13.0. The van der Waals surface area contributed by atoms with E-state index in [-0.39, 0.29) is 11.3 Å². The number of benzene rings is 2. The van der Waals surface area contributed by atoms with Crippen molar-refractivity contribution in [3.63, 3.8) is 0 Å². The molecule has 0 bridgehead atoms. The monoisotopic (exact) mass is 486 g/mol. The fourth-order valence-corrected chi connectivity index (χ4v) is 4.80. The third kappa shape index (κ3) is 9.36. The quantitative estimate of drug-likeness (QED) is 0.180. The summed E-state index contributed by atoms with van der Waals surface area (Å²) >= 11 is 0. The van der Waals surface area contributed by atoms with E-state index in [1.807, 2.05) is 0 Å². The van der Waals surface area contributed by atoms with Gasteiger partial charge in [0.05, 0.1) is 30.2 Å². The summed E-state index contributed by atoms with van der Waals surface area (Å²) in [5.41, 5.74) is 1.23. The predicted molar refractivity (Wildman–Crippen MR) is 136 cm³/mol. The van der Waals surface area contributed by atoms with Crippen LogP contribution >= 0.6 is 0 Å². The number of methoxy groups -OCH3 is 1. The first-order valence-corrected chi connectivity index (χ1v) is 13.7. The van der Waals surface area contributed by atoms with Gasteiger partial charge in [-0.3, -0.25) is 0 Å².